The predicted octanol–water partition coefficient (Wildman–Crippen LogP) is 4.87. The zero-order valence-electron chi connectivity index (χ0n) is 14.7. The highest BCUT2D eigenvalue weighted by Crippen LogP contribution is 2.36. The van der Waals surface area contributed by atoms with Gasteiger partial charge in [0.15, 0.2) is 5.76 Å². The number of imide groups is 1. The van der Waals surface area contributed by atoms with Crippen molar-refractivity contribution in [1.29, 1.82) is 0 Å². The van der Waals surface area contributed by atoms with Crippen molar-refractivity contribution in [3.63, 3.8) is 0 Å². The van der Waals surface area contributed by atoms with Gasteiger partial charge in [0.1, 0.15) is 5.75 Å². The van der Waals surface area contributed by atoms with E-state index >= 15 is 0 Å². The molecule has 0 aromatic heterocycles. The minimum Gasteiger partial charge on any atom is -0.502 e. The molecule has 0 atom stereocenters. The van der Waals surface area contributed by atoms with Crippen molar-refractivity contribution in [2.24, 2.45) is 5.92 Å². The number of anilines is 1. The first kappa shape index (κ1) is 19.3. The van der Waals surface area contributed by atoms with Crippen molar-refractivity contribution >= 4 is 46.3 Å². The van der Waals surface area contributed by atoms with Gasteiger partial charge in [-0.05, 0) is 42.3 Å². The molecule has 0 spiro atoms. The first-order valence-corrected chi connectivity index (χ1v) is 9.05. The van der Waals surface area contributed by atoms with Crippen LogP contribution in [0.5, 0.6) is 5.75 Å². The Morgan fingerprint density at radius 2 is 1.70 bits per heavy atom. The van der Waals surface area contributed by atoms with E-state index in [9.17, 15) is 14.7 Å². The topological polar surface area (TPSA) is 66.8 Å². The third-order valence-corrected chi connectivity index (χ3v) is 4.49. The highest BCUT2D eigenvalue weighted by molar-refractivity contribution is 6.47. The van der Waals surface area contributed by atoms with Gasteiger partial charge >= 0.3 is 5.91 Å². The molecule has 2 aromatic rings. The number of aliphatic hydroxyl groups excluding tert-OH is 1. The van der Waals surface area contributed by atoms with Crippen LogP contribution in [0.1, 0.15) is 19.4 Å². The number of carbonyl (C=O) groups is 2. The van der Waals surface area contributed by atoms with Crippen LogP contribution in [0.25, 0.3) is 5.57 Å². The van der Waals surface area contributed by atoms with E-state index in [1.54, 1.807) is 24.3 Å². The maximum absolute atomic E-state index is 12.8. The molecule has 5 nitrogen and oxygen atoms in total. The SMILES string of the molecule is CC(C)COc1ccc(N2C(=O)C(O)=C(c3ccc(Cl)cc3Cl)C2=O)cc1. The molecule has 0 bridgehead atoms. The van der Waals surface area contributed by atoms with Crippen LogP contribution in [-0.2, 0) is 9.59 Å². The van der Waals surface area contributed by atoms with Gasteiger partial charge in [0.05, 0.1) is 22.9 Å². The lowest BCUT2D eigenvalue weighted by molar-refractivity contribution is -0.121. The van der Waals surface area contributed by atoms with Gasteiger partial charge in [-0.15, -0.1) is 0 Å². The van der Waals surface area contributed by atoms with Crippen LogP contribution in [0.4, 0.5) is 5.69 Å². The number of hydrogen-bond acceptors (Lipinski definition) is 4. The molecular formula is C20H17Cl2NO4. The van der Waals surface area contributed by atoms with Gasteiger partial charge < -0.3 is 9.84 Å². The van der Waals surface area contributed by atoms with Crippen LogP contribution in [0, 0.1) is 5.92 Å². The fraction of sp³-hybridized carbons (Fsp3) is 0.200. The fourth-order valence-electron chi connectivity index (χ4n) is 2.64. The number of carbonyl (C=O) groups excluding carboxylic acids is 2. The first-order valence-electron chi connectivity index (χ1n) is 8.30. The Morgan fingerprint density at radius 1 is 1.04 bits per heavy atom. The average molecular weight is 406 g/mol. The van der Waals surface area contributed by atoms with Crippen molar-refractivity contribution in [2.45, 2.75) is 13.8 Å². The van der Waals surface area contributed by atoms with Crippen molar-refractivity contribution in [2.75, 3.05) is 11.5 Å². The lowest BCUT2D eigenvalue weighted by atomic mass is 10.1. The minimum atomic E-state index is -0.808. The monoisotopic (exact) mass is 405 g/mol. The predicted molar refractivity (Wildman–Crippen MR) is 105 cm³/mol. The van der Waals surface area contributed by atoms with E-state index in [1.807, 2.05) is 13.8 Å². The van der Waals surface area contributed by atoms with Crippen LogP contribution in [0.15, 0.2) is 48.2 Å². The number of ether oxygens (including phenoxy) is 1. The molecule has 1 aliphatic heterocycles. The summed E-state index contributed by atoms with van der Waals surface area (Å²) in [6, 6.07) is 11.0. The Bertz CT molecular complexity index is 935. The van der Waals surface area contributed by atoms with Gasteiger partial charge in [0, 0.05) is 10.6 Å². The molecule has 2 amide bonds. The van der Waals surface area contributed by atoms with Crippen molar-refractivity contribution in [3.05, 3.63) is 63.8 Å². The van der Waals surface area contributed by atoms with Crippen LogP contribution in [-0.4, -0.2) is 23.5 Å². The van der Waals surface area contributed by atoms with Crippen molar-refractivity contribution < 1.29 is 19.4 Å². The molecule has 0 aliphatic carbocycles. The molecule has 2 aromatic carbocycles. The van der Waals surface area contributed by atoms with Crippen LogP contribution < -0.4 is 9.64 Å². The maximum atomic E-state index is 12.8. The molecule has 3 rings (SSSR count). The molecule has 0 unspecified atom stereocenters. The summed E-state index contributed by atoms with van der Waals surface area (Å²) < 4.78 is 5.60. The van der Waals surface area contributed by atoms with Gasteiger partial charge in [-0.1, -0.05) is 43.1 Å². The quantitative estimate of drug-likeness (QED) is 0.720. The van der Waals surface area contributed by atoms with Gasteiger partial charge in [-0.25, -0.2) is 4.90 Å². The van der Waals surface area contributed by atoms with Crippen LogP contribution in [0.3, 0.4) is 0 Å². The number of aliphatic hydroxyl groups is 1. The summed E-state index contributed by atoms with van der Waals surface area (Å²) >= 11 is 12.0. The summed E-state index contributed by atoms with van der Waals surface area (Å²) in [5, 5.41) is 10.8. The number of benzene rings is 2. The molecule has 0 fully saturated rings. The standard InChI is InChI=1S/C20H17Cl2NO4/c1-11(2)10-27-14-6-4-13(5-7-14)23-19(25)17(18(24)20(23)26)15-8-3-12(21)9-16(15)22/h3-9,11,24H,10H2,1-2H3. The maximum Gasteiger partial charge on any atom is 0.301 e. The minimum absolute atomic E-state index is 0.151. The molecule has 1 N–H and O–H groups in total. The van der Waals surface area contributed by atoms with Gasteiger partial charge in [0.25, 0.3) is 5.91 Å². The summed E-state index contributed by atoms with van der Waals surface area (Å²) in [7, 11) is 0. The zero-order valence-corrected chi connectivity index (χ0v) is 16.2. The highest BCUT2D eigenvalue weighted by Gasteiger charge is 2.40. The van der Waals surface area contributed by atoms with Gasteiger partial charge in [-0.3, -0.25) is 9.59 Å². The second-order valence-corrected chi connectivity index (χ2v) is 7.34. The first-order chi connectivity index (χ1) is 12.8. The normalized spacial score (nSPS) is 14.5. The van der Waals surface area contributed by atoms with E-state index in [-0.39, 0.29) is 16.2 Å². The summed E-state index contributed by atoms with van der Waals surface area (Å²) in [4.78, 5) is 26.2. The van der Waals surface area contributed by atoms with E-state index in [0.717, 1.165) is 4.90 Å². The summed E-state index contributed by atoms with van der Waals surface area (Å²) in [5.41, 5.74) is 0.423. The Kier molecular flexibility index (Phi) is 5.44. The highest BCUT2D eigenvalue weighted by atomic mass is 35.5. The summed E-state index contributed by atoms with van der Waals surface area (Å²) in [6.07, 6.45) is 0. The molecule has 1 aliphatic rings. The fourth-order valence-corrected chi connectivity index (χ4v) is 3.14. The van der Waals surface area contributed by atoms with E-state index in [1.165, 1.54) is 18.2 Å². The largest absolute Gasteiger partial charge is 0.502 e. The van der Waals surface area contributed by atoms with Crippen molar-refractivity contribution in [1.82, 2.24) is 0 Å². The Balaban J connectivity index is 1.89. The average Bonchev–Trinajstić information content (AvgIpc) is 2.84. The number of amides is 2. The number of nitrogens with zero attached hydrogens (tertiary/aromatic N) is 1. The number of halogens is 2. The molecule has 7 heteroatoms. The van der Waals surface area contributed by atoms with E-state index in [4.69, 9.17) is 27.9 Å². The summed E-state index contributed by atoms with van der Waals surface area (Å²) in [6.45, 7) is 4.63. The van der Waals surface area contributed by atoms with E-state index in [0.29, 0.717) is 29.0 Å². The van der Waals surface area contributed by atoms with E-state index in [2.05, 4.69) is 0 Å². The molecule has 0 radical (unpaired) electrons. The molecular weight excluding hydrogens is 389 g/mol. The third kappa shape index (κ3) is 3.80. The van der Waals surface area contributed by atoms with Gasteiger partial charge in [-0.2, -0.15) is 0 Å². The Morgan fingerprint density at radius 3 is 2.30 bits per heavy atom. The number of hydrogen-bond donors (Lipinski definition) is 1. The summed E-state index contributed by atoms with van der Waals surface area (Å²) in [5.74, 6) is -1.11. The number of rotatable bonds is 5. The zero-order chi connectivity index (χ0) is 19.7. The lowest BCUT2D eigenvalue weighted by Gasteiger charge is -2.16. The van der Waals surface area contributed by atoms with E-state index < -0.39 is 17.6 Å². The smallest absolute Gasteiger partial charge is 0.301 e. The van der Waals surface area contributed by atoms with Gasteiger partial charge in [0.2, 0.25) is 0 Å². The van der Waals surface area contributed by atoms with Crippen molar-refractivity contribution in [3.8, 4) is 5.75 Å². The second kappa shape index (κ2) is 7.62. The van der Waals surface area contributed by atoms with Crippen LogP contribution in [0.2, 0.25) is 10.0 Å². The third-order valence-electron chi connectivity index (χ3n) is 3.94. The molecule has 1 heterocycles. The second-order valence-electron chi connectivity index (χ2n) is 6.49. The van der Waals surface area contributed by atoms with Crippen LogP contribution >= 0.6 is 23.2 Å². The molecule has 27 heavy (non-hydrogen) atoms. The molecule has 140 valence electrons. The Labute approximate surface area is 166 Å². The lowest BCUT2D eigenvalue weighted by Crippen LogP contribution is -2.31. The Hall–Kier alpha value is -2.50. The molecule has 0 saturated heterocycles. The molecule has 0 saturated carbocycles.